The summed E-state index contributed by atoms with van der Waals surface area (Å²) in [4.78, 5) is 28.9. The van der Waals surface area contributed by atoms with E-state index in [0.29, 0.717) is 11.3 Å². The van der Waals surface area contributed by atoms with Gasteiger partial charge in [0.2, 0.25) is 0 Å². The van der Waals surface area contributed by atoms with Gasteiger partial charge in [-0.3, -0.25) is 14.5 Å². The number of aryl methyl sites for hydroxylation is 2. The van der Waals surface area contributed by atoms with Gasteiger partial charge in [-0.05, 0) is 72.2 Å². The number of methoxy groups -OCH3 is 1. The molecule has 1 aliphatic heterocycles. The van der Waals surface area contributed by atoms with Crippen LogP contribution in [-0.4, -0.2) is 23.9 Å². The molecule has 4 rings (SSSR count). The molecule has 1 unspecified atom stereocenters. The summed E-state index contributed by atoms with van der Waals surface area (Å²) in [6, 6.07) is 14.3. The van der Waals surface area contributed by atoms with Crippen LogP contribution in [0.15, 0.2) is 59.5 Å². The van der Waals surface area contributed by atoms with Crippen LogP contribution >= 0.6 is 11.3 Å². The Bertz CT molecular complexity index is 1260. The number of anilines is 1. The molecule has 0 radical (unpaired) electrons. The minimum absolute atomic E-state index is 0.104. The van der Waals surface area contributed by atoms with Gasteiger partial charge < -0.3 is 9.84 Å². The average Bonchev–Trinajstić information content (AvgIpc) is 3.40. The van der Waals surface area contributed by atoms with Crippen molar-refractivity contribution in [3.05, 3.63) is 86.6 Å². The largest absolute Gasteiger partial charge is 0.507 e. The van der Waals surface area contributed by atoms with Crippen molar-refractivity contribution in [1.82, 2.24) is 0 Å². The predicted octanol–water partition coefficient (Wildman–Crippen LogP) is 6.12. The van der Waals surface area contributed by atoms with E-state index in [1.54, 1.807) is 7.11 Å². The summed E-state index contributed by atoms with van der Waals surface area (Å²) in [6.45, 7) is 7.88. The molecular weight excluding hydrogens is 434 g/mol. The molecule has 2 aromatic carbocycles. The molecule has 1 saturated heterocycles. The standard InChI is InChI=1S/C27H27NO4S/c1-15(2)19-14-20(17(4)13-21(19)32-5)25(29)23-24(22-10-7-11-33-22)28(27(31)26(23)30)18-9-6-8-16(3)12-18/h6-15,24,29H,1-5H3/b25-23+. The molecule has 1 N–H and O–H groups in total. The summed E-state index contributed by atoms with van der Waals surface area (Å²) in [7, 11) is 1.62. The molecule has 170 valence electrons. The van der Waals surface area contributed by atoms with E-state index in [1.165, 1.54) is 16.2 Å². The summed E-state index contributed by atoms with van der Waals surface area (Å²) >= 11 is 1.45. The number of benzene rings is 2. The monoisotopic (exact) mass is 461 g/mol. The van der Waals surface area contributed by atoms with Crippen LogP contribution in [-0.2, 0) is 9.59 Å². The minimum Gasteiger partial charge on any atom is -0.507 e. The van der Waals surface area contributed by atoms with E-state index in [2.05, 4.69) is 0 Å². The molecule has 1 atom stereocenters. The lowest BCUT2D eigenvalue weighted by molar-refractivity contribution is -0.132. The zero-order chi connectivity index (χ0) is 23.9. The third-order valence-corrected chi connectivity index (χ3v) is 6.92. The van der Waals surface area contributed by atoms with Crippen LogP contribution in [0, 0.1) is 13.8 Å². The van der Waals surface area contributed by atoms with E-state index in [-0.39, 0.29) is 17.3 Å². The van der Waals surface area contributed by atoms with Gasteiger partial charge in [0.1, 0.15) is 17.6 Å². The van der Waals surface area contributed by atoms with Crippen LogP contribution in [0.1, 0.15) is 52.9 Å². The molecule has 1 aromatic heterocycles. The fraction of sp³-hybridized carbons (Fsp3) is 0.259. The lowest BCUT2D eigenvalue weighted by Crippen LogP contribution is -2.29. The molecular formula is C27H27NO4S. The first-order valence-electron chi connectivity index (χ1n) is 10.8. The molecule has 6 heteroatoms. The third kappa shape index (κ3) is 3.95. The van der Waals surface area contributed by atoms with Gasteiger partial charge in [-0.1, -0.05) is 32.0 Å². The van der Waals surface area contributed by atoms with Crippen molar-refractivity contribution in [2.75, 3.05) is 12.0 Å². The molecule has 0 spiro atoms. The number of hydrogen-bond donors (Lipinski definition) is 1. The van der Waals surface area contributed by atoms with E-state index < -0.39 is 17.7 Å². The highest BCUT2D eigenvalue weighted by atomic mass is 32.1. The van der Waals surface area contributed by atoms with E-state index in [1.807, 2.05) is 81.6 Å². The number of amides is 1. The number of Topliss-reactive ketones (excluding diaryl/α,β-unsaturated/α-hetero) is 1. The van der Waals surface area contributed by atoms with Crippen molar-refractivity contribution in [2.24, 2.45) is 0 Å². The van der Waals surface area contributed by atoms with Crippen LogP contribution in [0.25, 0.3) is 5.76 Å². The normalized spacial score (nSPS) is 17.8. The maximum Gasteiger partial charge on any atom is 0.300 e. The van der Waals surface area contributed by atoms with Crippen molar-refractivity contribution >= 4 is 34.5 Å². The Morgan fingerprint density at radius 2 is 1.85 bits per heavy atom. The first-order chi connectivity index (χ1) is 15.7. The quantitative estimate of drug-likeness (QED) is 0.282. The third-order valence-electron chi connectivity index (χ3n) is 5.99. The summed E-state index contributed by atoms with van der Waals surface area (Å²) < 4.78 is 5.53. The number of aliphatic hydroxyl groups excluding tert-OH is 1. The van der Waals surface area contributed by atoms with E-state index >= 15 is 0 Å². The number of rotatable bonds is 5. The Kier molecular flexibility index (Phi) is 6.13. The van der Waals surface area contributed by atoms with Gasteiger partial charge in [0.25, 0.3) is 11.7 Å². The first kappa shape index (κ1) is 22.8. The maximum absolute atomic E-state index is 13.3. The van der Waals surface area contributed by atoms with Crippen molar-refractivity contribution in [3.8, 4) is 5.75 Å². The molecule has 0 bridgehead atoms. The summed E-state index contributed by atoms with van der Waals surface area (Å²) in [5.74, 6) is -0.613. The molecule has 3 aromatic rings. The second-order valence-corrected chi connectivity index (χ2v) is 9.57. The van der Waals surface area contributed by atoms with Gasteiger partial charge in [-0.25, -0.2) is 0 Å². The van der Waals surface area contributed by atoms with E-state index in [9.17, 15) is 14.7 Å². The molecule has 0 aliphatic carbocycles. The second-order valence-electron chi connectivity index (χ2n) is 8.59. The predicted molar refractivity (Wildman–Crippen MR) is 132 cm³/mol. The van der Waals surface area contributed by atoms with Gasteiger partial charge in [0, 0.05) is 16.1 Å². The van der Waals surface area contributed by atoms with Crippen molar-refractivity contribution in [1.29, 1.82) is 0 Å². The highest BCUT2D eigenvalue weighted by Gasteiger charge is 2.47. The van der Waals surface area contributed by atoms with Gasteiger partial charge in [-0.2, -0.15) is 0 Å². The fourth-order valence-corrected chi connectivity index (χ4v) is 5.14. The molecule has 1 fully saturated rings. The fourth-order valence-electron chi connectivity index (χ4n) is 4.32. The highest BCUT2D eigenvalue weighted by Crippen LogP contribution is 2.44. The first-order valence-corrected chi connectivity index (χ1v) is 11.7. The molecule has 0 saturated carbocycles. The van der Waals surface area contributed by atoms with Crippen LogP contribution in [0.3, 0.4) is 0 Å². The Hall–Kier alpha value is -3.38. The van der Waals surface area contributed by atoms with Crippen LogP contribution in [0.5, 0.6) is 5.75 Å². The van der Waals surface area contributed by atoms with Crippen LogP contribution < -0.4 is 9.64 Å². The lowest BCUT2D eigenvalue weighted by atomic mass is 9.92. The zero-order valence-corrected chi connectivity index (χ0v) is 20.2. The number of nitrogens with zero attached hydrogens (tertiary/aromatic N) is 1. The minimum atomic E-state index is -0.698. The summed E-state index contributed by atoms with van der Waals surface area (Å²) in [5, 5.41) is 13.4. The Morgan fingerprint density at radius 3 is 2.45 bits per heavy atom. The number of carbonyl (C=O) groups excluding carboxylic acids is 2. The number of hydrogen-bond acceptors (Lipinski definition) is 5. The van der Waals surface area contributed by atoms with E-state index in [0.717, 1.165) is 27.3 Å². The zero-order valence-electron chi connectivity index (χ0n) is 19.4. The number of ketones is 1. The van der Waals surface area contributed by atoms with Gasteiger partial charge in [0.15, 0.2) is 0 Å². The summed E-state index contributed by atoms with van der Waals surface area (Å²) in [6.07, 6.45) is 0. The topological polar surface area (TPSA) is 66.8 Å². The Balaban J connectivity index is 1.96. The summed E-state index contributed by atoms with van der Waals surface area (Å²) in [5.41, 5.74) is 3.93. The molecule has 1 aliphatic rings. The van der Waals surface area contributed by atoms with E-state index in [4.69, 9.17) is 4.74 Å². The lowest BCUT2D eigenvalue weighted by Gasteiger charge is -2.25. The molecule has 33 heavy (non-hydrogen) atoms. The molecule has 5 nitrogen and oxygen atoms in total. The second kappa shape index (κ2) is 8.87. The number of thiophene rings is 1. The van der Waals surface area contributed by atoms with Crippen molar-refractivity contribution in [3.63, 3.8) is 0 Å². The van der Waals surface area contributed by atoms with Crippen LogP contribution in [0.2, 0.25) is 0 Å². The van der Waals surface area contributed by atoms with Gasteiger partial charge >= 0.3 is 0 Å². The smallest absolute Gasteiger partial charge is 0.300 e. The number of ether oxygens (including phenoxy) is 1. The number of aliphatic hydroxyl groups is 1. The average molecular weight is 462 g/mol. The SMILES string of the molecule is COc1cc(C)c(/C(O)=C2\C(=O)C(=O)N(c3cccc(C)c3)C2c2cccs2)cc1C(C)C. The Labute approximate surface area is 197 Å². The molecule has 2 heterocycles. The maximum atomic E-state index is 13.3. The van der Waals surface area contributed by atoms with Crippen molar-refractivity contribution < 1.29 is 19.4 Å². The molecule has 1 amide bonds. The van der Waals surface area contributed by atoms with Crippen molar-refractivity contribution in [2.45, 2.75) is 39.7 Å². The van der Waals surface area contributed by atoms with Gasteiger partial charge in [0.05, 0.1) is 12.7 Å². The van der Waals surface area contributed by atoms with Gasteiger partial charge in [-0.15, -0.1) is 11.3 Å². The highest BCUT2D eigenvalue weighted by molar-refractivity contribution is 7.10. The van der Waals surface area contributed by atoms with Crippen LogP contribution in [0.4, 0.5) is 5.69 Å². The Morgan fingerprint density at radius 1 is 1.09 bits per heavy atom. The number of carbonyl (C=O) groups is 2.